The van der Waals surface area contributed by atoms with Crippen LogP contribution in [0.5, 0.6) is 11.5 Å². The summed E-state index contributed by atoms with van der Waals surface area (Å²) in [5, 5.41) is 8.58. The zero-order valence-corrected chi connectivity index (χ0v) is 18.8. The van der Waals surface area contributed by atoms with Crippen LogP contribution in [0.4, 0.5) is 10.8 Å². The van der Waals surface area contributed by atoms with Crippen molar-refractivity contribution in [3.05, 3.63) is 51.8 Å². The van der Waals surface area contributed by atoms with E-state index in [0.29, 0.717) is 38.1 Å². The predicted molar refractivity (Wildman–Crippen MR) is 121 cm³/mol. The van der Waals surface area contributed by atoms with Gasteiger partial charge in [0.2, 0.25) is 0 Å². The topological polar surface area (TPSA) is 89.5 Å². The number of carbonyl (C=O) groups excluding carboxylic acids is 2. The molecule has 31 heavy (non-hydrogen) atoms. The summed E-state index contributed by atoms with van der Waals surface area (Å²) in [6.07, 6.45) is -1.34. The number of rotatable bonds is 5. The molecule has 10 heteroatoms. The highest BCUT2D eigenvalue weighted by atomic mass is 35.5. The molecule has 0 spiro atoms. The Labute approximate surface area is 192 Å². The van der Waals surface area contributed by atoms with Crippen LogP contribution < -0.4 is 20.1 Å². The molecule has 0 radical (unpaired) electrons. The third-order valence-corrected chi connectivity index (χ3v) is 5.80. The maximum atomic E-state index is 12.5. The molecule has 0 saturated carbocycles. The molecular formula is C21H17Cl2N3O4S. The molecule has 7 nitrogen and oxygen atoms in total. The molecule has 4 rings (SSSR count). The number of hydrogen-bond donors (Lipinski definition) is 2. The van der Waals surface area contributed by atoms with Crippen LogP contribution in [0.2, 0.25) is 10.0 Å². The number of amides is 2. The van der Waals surface area contributed by atoms with Gasteiger partial charge in [-0.05, 0) is 50.2 Å². The van der Waals surface area contributed by atoms with Crippen LogP contribution in [0, 0.1) is 0 Å². The number of ether oxygens (including phenoxy) is 2. The Bertz CT molecular complexity index is 1170. The van der Waals surface area contributed by atoms with Crippen molar-refractivity contribution < 1.29 is 19.1 Å². The number of fused-ring (bicyclic) bond motifs is 1. The van der Waals surface area contributed by atoms with Gasteiger partial charge in [0.1, 0.15) is 11.5 Å². The summed E-state index contributed by atoms with van der Waals surface area (Å²) < 4.78 is 11.2. The smallest absolute Gasteiger partial charge is 0.266 e. The summed E-state index contributed by atoms with van der Waals surface area (Å²) in [6.45, 7) is 3.30. The molecule has 0 saturated heterocycles. The maximum Gasteiger partial charge on any atom is 0.266 e. The monoisotopic (exact) mass is 477 g/mol. The number of benzene rings is 2. The number of thiazole rings is 1. The van der Waals surface area contributed by atoms with E-state index in [2.05, 4.69) is 15.6 Å². The summed E-state index contributed by atoms with van der Waals surface area (Å²) in [7, 11) is 0. The Morgan fingerprint density at radius 3 is 2.87 bits per heavy atom. The lowest BCUT2D eigenvalue weighted by Gasteiger charge is -2.23. The van der Waals surface area contributed by atoms with E-state index in [-0.39, 0.29) is 11.8 Å². The van der Waals surface area contributed by atoms with E-state index < -0.39 is 12.2 Å². The zero-order chi connectivity index (χ0) is 22.1. The van der Waals surface area contributed by atoms with E-state index in [0.717, 1.165) is 5.56 Å². The normalized spacial score (nSPS) is 16.0. The number of nitrogens with one attached hydrogen (secondary N) is 2. The molecule has 1 aliphatic heterocycles. The van der Waals surface area contributed by atoms with Gasteiger partial charge in [0.05, 0.1) is 16.4 Å². The minimum Gasteiger partial charge on any atom is -0.479 e. The van der Waals surface area contributed by atoms with Gasteiger partial charge in [-0.15, -0.1) is 11.3 Å². The first-order valence-corrected chi connectivity index (χ1v) is 10.9. The minimum atomic E-state index is -0.802. The number of aromatic nitrogens is 1. The van der Waals surface area contributed by atoms with Gasteiger partial charge >= 0.3 is 0 Å². The summed E-state index contributed by atoms with van der Waals surface area (Å²) in [6, 6.07) is 10.2. The summed E-state index contributed by atoms with van der Waals surface area (Å²) in [5.41, 5.74) is 2.03. The number of carbonyl (C=O) groups is 2. The Morgan fingerprint density at radius 1 is 1.29 bits per heavy atom. The van der Waals surface area contributed by atoms with Crippen LogP contribution in [-0.2, 0) is 9.59 Å². The van der Waals surface area contributed by atoms with Crippen LogP contribution in [0.1, 0.15) is 13.8 Å². The van der Waals surface area contributed by atoms with E-state index in [9.17, 15) is 9.59 Å². The summed E-state index contributed by atoms with van der Waals surface area (Å²) in [5.74, 6) is 0.394. The Kier molecular flexibility index (Phi) is 6.04. The second kappa shape index (κ2) is 8.74. The van der Waals surface area contributed by atoms with Crippen LogP contribution in [-0.4, -0.2) is 29.0 Å². The van der Waals surface area contributed by atoms with E-state index in [1.54, 1.807) is 44.2 Å². The van der Waals surface area contributed by atoms with Crippen molar-refractivity contribution in [3.8, 4) is 22.8 Å². The van der Waals surface area contributed by atoms with Crippen LogP contribution >= 0.6 is 34.5 Å². The first-order chi connectivity index (χ1) is 14.8. The van der Waals surface area contributed by atoms with Gasteiger partial charge < -0.3 is 14.8 Å². The van der Waals surface area contributed by atoms with Gasteiger partial charge in [-0.1, -0.05) is 23.2 Å². The lowest BCUT2D eigenvalue weighted by Crippen LogP contribution is -2.34. The Morgan fingerprint density at radius 2 is 2.10 bits per heavy atom. The maximum absolute atomic E-state index is 12.5. The van der Waals surface area contributed by atoms with E-state index in [1.807, 2.05) is 11.4 Å². The van der Waals surface area contributed by atoms with Crippen LogP contribution in [0.25, 0.3) is 11.3 Å². The standard InChI is InChI=1S/C21H17Cl2N3O4S/c1-10-19(27)24-15-7-12(3-5-18(15)30-10)16-9-31-21(25-16)26-20(28)11(2)29-17-6-4-13(22)8-14(17)23/h3-11H,1-2H3,(H,24,27)(H,25,26,28). The number of hydrogen-bond acceptors (Lipinski definition) is 6. The fourth-order valence-electron chi connectivity index (χ4n) is 2.85. The van der Waals surface area contributed by atoms with Gasteiger partial charge in [-0.2, -0.15) is 0 Å². The molecule has 0 bridgehead atoms. The Balaban J connectivity index is 1.43. The first-order valence-electron chi connectivity index (χ1n) is 9.30. The second-order valence-corrected chi connectivity index (χ2v) is 8.52. The molecule has 2 amide bonds. The molecular weight excluding hydrogens is 461 g/mol. The quantitative estimate of drug-likeness (QED) is 0.524. The number of anilines is 2. The molecule has 0 fully saturated rings. The van der Waals surface area contributed by atoms with Crippen molar-refractivity contribution in [2.45, 2.75) is 26.1 Å². The molecule has 1 aromatic heterocycles. The lowest BCUT2D eigenvalue weighted by molar-refractivity contribution is -0.123. The fraction of sp³-hybridized carbons (Fsp3) is 0.190. The molecule has 3 aromatic rings. The molecule has 2 aromatic carbocycles. The highest BCUT2D eigenvalue weighted by Crippen LogP contribution is 2.35. The molecule has 2 unspecified atom stereocenters. The first kappa shape index (κ1) is 21.4. The van der Waals surface area contributed by atoms with Crippen molar-refractivity contribution in [2.24, 2.45) is 0 Å². The molecule has 0 aliphatic carbocycles. The van der Waals surface area contributed by atoms with Gasteiger partial charge in [-0.25, -0.2) is 4.98 Å². The number of nitrogens with zero attached hydrogens (tertiary/aromatic N) is 1. The predicted octanol–water partition coefficient (Wildman–Crippen LogP) is 5.24. The minimum absolute atomic E-state index is 0.203. The van der Waals surface area contributed by atoms with Gasteiger partial charge in [-0.3, -0.25) is 14.9 Å². The summed E-state index contributed by atoms with van der Waals surface area (Å²) >= 11 is 13.2. The lowest BCUT2D eigenvalue weighted by atomic mass is 10.1. The Hall–Kier alpha value is -2.81. The van der Waals surface area contributed by atoms with Gasteiger partial charge in [0, 0.05) is 16.0 Å². The third kappa shape index (κ3) is 4.76. The molecule has 2 atom stereocenters. The molecule has 160 valence electrons. The van der Waals surface area contributed by atoms with Crippen LogP contribution in [0.15, 0.2) is 41.8 Å². The van der Waals surface area contributed by atoms with Crippen molar-refractivity contribution in [1.82, 2.24) is 4.98 Å². The van der Waals surface area contributed by atoms with E-state index in [4.69, 9.17) is 32.7 Å². The summed E-state index contributed by atoms with van der Waals surface area (Å²) in [4.78, 5) is 28.8. The van der Waals surface area contributed by atoms with Gasteiger partial charge in [0.25, 0.3) is 11.8 Å². The zero-order valence-electron chi connectivity index (χ0n) is 16.4. The number of halogens is 2. The van der Waals surface area contributed by atoms with E-state index in [1.165, 1.54) is 11.3 Å². The molecule has 2 N–H and O–H groups in total. The SMILES string of the molecule is CC(Oc1ccc(Cl)cc1Cl)C(=O)Nc1nc(-c2ccc3c(c2)NC(=O)C(C)O3)cs1. The highest BCUT2D eigenvalue weighted by Gasteiger charge is 2.24. The van der Waals surface area contributed by atoms with Crippen molar-refractivity contribution in [3.63, 3.8) is 0 Å². The van der Waals surface area contributed by atoms with Crippen molar-refractivity contribution >= 4 is 57.2 Å². The average Bonchev–Trinajstić information content (AvgIpc) is 3.19. The highest BCUT2D eigenvalue weighted by molar-refractivity contribution is 7.14. The van der Waals surface area contributed by atoms with Gasteiger partial charge in [0.15, 0.2) is 17.3 Å². The average molecular weight is 478 g/mol. The van der Waals surface area contributed by atoms with Crippen molar-refractivity contribution in [2.75, 3.05) is 10.6 Å². The molecule has 2 heterocycles. The van der Waals surface area contributed by atoms with Crippen LogP contribution in [0.3, 0.4) is 0 Å². The van der Waals surface area contributed by atoms with Crippen molar-refractivity contribution in [1.29, 1.82) is 0 Å². The third-order valence-electron chi connectivity index (χ3n) is 4.51. The fourth-order valence-corrected chi connectivity index (χ4v) is 4.03. The van der Waals surface area contributed by atoms with E-state index >= 15 is 0 Å². The largest absolute Gasteiger partial charge is 0.479 e. The second-order valence-electron chi connectivity index (χ2n) is 6.82. The molecule has 1 aliphatic rings.